The van der Waals surface area contributed by atoms with Crippen LogP contribution in [0.15, 0.2) is 36.9 Å². The zero-order valence-electron chi connectivity index (χ0n) is 20.4. The predicted octanol–water partition coefficient (Wildman–Crippen LogP) is 5.05. The molecule has 10 heteroatoms. The largest absolute Gasteiger partial charge is 0.345 e. The Hall–Kier alpha value is -3.46. The summed E-state index contributed by atoms with van der Waals surface area (Å²) in [6.07, 6.45) is 9.84. The molecule has 3 aromatic heterocycles. The van der Waals surface area contributed by atoms with E-state index in [1.54, 1.807) is 12.1 Å². The van der Waals surface area contributed by atoms with Crippen molar-refractivity contribution >= 4 is 28.7 Å². The van der Waals surface area contributed by atoms with E-state index < -0.39 is 5.82 Å². The van der Waals surface area contributed by atoms with Gasteiger partial charge in [-0.15, -0.1) is 0 Å². The van der Waals surface area contributed by atoms with E-state index in [1.807, 2.05) is 36.7 Å². The van der Waals surface area contributed by atoms with E-state index in [0.29, 0.717) is 33.5 Å². The number of benzene rings is 1. The van der Waals surface area contributed by atoms with Gasteiger partial charge in [-0.3, -0.25) is 9.48 Å². The zero-order valence-corrected chi connectivity index (χ0v) is 21.2. The van der Waals surface area contributed by atoms with Gasteiger partial charge in [0, 0.05) is 35.9 Å². The van der Waals surface area contributed by atoms with Gasteiger partial charge < -0.3 is 4.90 Å². The third kappa shape index (κ3) is 4.93. The number of hydrogen-bond donors (Lipinski definition) is 0. The van der Waals surface area contributed by atoms with Crippen molar-refractivity contribution in [1.82, 2.24) is 34.6 Å². The molecule has 1 aliphatic heterocycles. The van der Waals surface area contributed by atoms with Gasteiger partial charge in [0.1, 0.15) is 23.4 Å². The number of halogens is 2. The number of hydrogen-bond acceptors (Lipinski definition) is 6. The number of likely N-dealkylation sites (tertiary alicyclic amines) is 1. The lowest BCUT2D eigenvalue weighted by molar-refractivity contribution is -0.133. The maximum Gasteiger partial charge on any atom is 0.229 e. The Morgan fingerprint density at radius 2 is 1.86 bits per heavy atom. The standard InChI is InChI=1S/C14H10ClFN4.C12H17N3O/c1-7-8(2)20-14-13(19-7)12(17-6-18-14)10-4-3-9(15)5-11(10)16;1-14-6-2-3-11(12(14)16)9-7-13-15(8-9)10-4-5-10/h3-6H,1-2H3;7-8,10-11H,2-6H2,1H3. The molecule has 1 unspecified atom stereocenters. The summed E-state index contributed by atoms with van der Waals surface area (Å²) in [5.41, 5.74) is 4.34. The van der Waals surface area contributed by atoms with Crippen LogP contribution in [-0.4, -0.2) is 54.1 Å². The summed E-state index contributed by atoms with van der Waals surface area (Å²) in [4.78, 5) is 30.8. The summed E-state index contributed by atoms with van der Waals surface area (Å²) in [6, 6.07) is 5.04. The van der Waals surface area contributed by atoms with Crippen LogP contribution in [0, 0.1) is 19.7 Å². The van der Waals surface area contributed by atoms with E-state index in [0.717, 1.165) is 36.3 Å². The van der Waals surface area contributed by atoms with Crippen LogP contribution >= 0.6 is 11.6 Å². The average Bonchev–Trinajstić information content (AvgIpc) is 3.59. The first-order chi connectivity index (χ1) is 17.3. The lowest BCUT2D eigenvalue weighted by Gasteiger charge is -2.28. The highest BCUT2D eigenvalue weighted by atomic mass is 35.5. The molecule has 1 aromatic carbocycles. The van der Waals surface area contributed by atoms with Crippen LogP contribution in [0.4, 0.5) is 4.39 Å². The van der Waals surface area contributed by atoms with Crippen LogP contribution in [0.3, 0.4) is 0 Å². The van der Waals surface area contributed by atoms with Gasteiger partial charge in [0.25, 0.3) is 0 Å². The topological polar surface area (TPSA) is 89.7 Å². The minimum Gasteiger partial charge on any atom is -0.345 e. The molecule has 0 bridgehead atoms. The fourth-order valence-corrected chi connectivity index (χ4v) is 4.49. The van der Waals surface area contributed by atoms with Crippen LogP contribution < -0.4 is 0 Å². The summed E-state index contributed by atoms with van der Waals surface area (Å²) >= 11 is 5.77. The van der Waals surface area contributed by atoms with E-state index in [1.165, 1.54) is 25.2 Å². The van der Waals surface area contributed by atoms with Crippen molar-refractivity contribution < 1.29 is 9.18 Å². The van der Waals surface area contributed by atoms with Crippen molar-refractivity contribution in [1.29, 1.82) is 0 Å². The first-order valence-corrected chi connectivity index (χ1v) is 12.4. The van der Waals surface area contributed by atoms with Crippen molar-refractivity contribution in [3.63, 3.8) is 0 Å². The van der Waals surface area contributed by atoms with Gasteiger partial charge in [-0.05, 0) is 57.7 Å². The van der Waals surface area contributed by atoms with Gasteiger partial charge in [0.05, 0.1) is 29.5 Å². The summed E-state index contributed by atoms with van der Waals surface area (Å²) in [5.74, 6) is -0.148. The average molecular weight is 508 g/mol. The second-order valence-corrected chi connectivity index (χ2v) is 9.79. The van der Waals surface area contributed by atoms with Crippen LogP contribution in [0.1, 0.15) is 54.6 Å². The number of aromatic nitrogens is 6. The molecule has 1 amide bonds. The molecule has 0 spiro atoms. The molecule has 0 radical (unpaired) electrons. The van der Waals surface area contributed by atoms with E-state index >= 15 is 0 Å². The second kappa shape index (κ2) is 9.89. The van der Waals surface area contributed by atoms with Gasteiger partial charge in [0.2, 0.25) is 5.91 Å². The fraction of sp³-hybridized carbons (Fsp3) is 0.385. The van der Waals surface area contributed by atoms with Crippen molar-refractivity contribution in [2.75, 3.05) is 13.6 Å². The van der Waals surface area contributed by atoms with Crippen LogP contribution in [0.5, 0.6) is 0 Å². The van der Waals surface area contributed by atoms with E-state index in [2.05, 4.69) is 31.2 Å². The number of carbonyl (C=O) groups excluding carboxylic acids is 1. The molecule has 186 valence electrons. The highest BCUT2D eigenvalue weighted by Crippen LogP contribution is 2.36. The lowest BCUT2D eigenvalue weighted by Crippen LogP contribution is -2.36. The van der Waals surface area contributed by atoms with Crippen LogP contribution in [0.25, 0.3) is 22.4 Å². The van der Waals surface area contributed by atoms with Crippen molar-refractivity contribution in [3.05, 3.63) is 64.7 Å². The third-order valence-corrected chi connectivity index (χ3v) is 6.91. The molecule has 6 rings (SSSR count). The molecular formula is C26H27ClFN7O. The number of likely N-dealkylation sites (N-methyl/N-ethyl adjacent to an activating group) is 1. The molecule has 36 heavy (non-hydrogen) atoms. The Bertz CT molecular complexity index is 1440. The molecule has 2 fully saturated rings. The molecule has 8 nitrogen and oxygen atoms in total. The summed E-state index contributed by atoms with van der Waals surface area (Å²) < 4.78 is 16.1. The van der Waals surface area contributed by atoms with Gasteiger partial charge in [-0.25, -0.2) is 24.3 Å². The minimum atomic E-state index is -0.447. The Morgan fingerprint density at radius 3 is 2.61 bits per heavy atom. The first-order valence-electron chi connectivity index (χ1n) is 12.0. The van der Waals surface area contributed by atoms with Gasteiger partial charge in [-0.1, -0.05) is 11.6 Å². The maximum atomic E-state index is 14.1. The van der Waals surface area contributed by atoms with Crippen LogP contribution in [0.2, 0.25) is 5.02 Å². The van der Waals surface area contributed by atoms with Gasteiger partial charge in [0.15, 0.2) is 5.65 Å². The lowest BCUT2D eigenvalue weighted by atomic mass is 9.92. The van der Waals surface area contributed by atoms with E-state index in [-0.39, 0.29) is 11.8 Å². The fourth-order valence-electron chi connectivity index (χ4n) is 4.33. The molecule has 4 heterocycles. The predicted molar refractivity (Wildman–Crippen MR) is 135 cm³/mol. The Labute approximate surface area is 213 Å². The van der Waals surface area contributed by atoms with Crippen LogP contribution in [-0.2, 0) is 4.79 Å². The molecule has 1 atom stereocenters. The molecule has 0 N–H and O–H groups in total. The smallest absolute Gasteiger partial charge is 0.229 e. The van der Waals surface area contributed by atoms with Crippen molar-refractivity contribution in [2.24, 2.45) is 0 Å². The van der Waals surface area contributed by atoms with Crippen molar-refractivity contribution in [3.8, 4) is 11.3 Å². The summed E-state index contributed by atoms with van der Waals surface area (Å²) in [5, 5.41) is 4.69. The van der Waals surface area contributed by atoms with E-state index in [4.69, 9.17) is 11.6 Å². The minimum absolute atomic E-state index is 0.0475. The first kappa shape index (κ1) is 24.2. The number of rotatable bonds is 3. The van der Waals surface area contributed by atoms with Crippen molar-refractivity contribution in [2.45, 2.75) is 51.5 Å². The normalized spacial score (nSPS) is 17.8. The highest BCUT2D eigenvalue weighted by Gasteiger charge is 2.30. The van der Waals surface area contributed by atoms with Gasteiger partial charge in [-0.2, -0.15) is 5.10 Å². The Morgan fingerprint density at radius 1 is 1.08 bits per heavy atom. The SMILES string of the molecule is CN1CCCC(c2cnn(C3CC3)c2)C1=O.Cc1nc2ncnc(-c3ccc(Cl)cc3F)c2nc1C. The number of piperidine rings is 1. The Balaban J connectivity index is 0.000000152. The zero-order chi connectivity index (χ0) is 25.4. The van der Waals surface area contributed by atoms with Gasteiger partial charge >= 0.3 is 0 Å². The molecule has 1 aliphatic carbocycles. The number of aryl methyl sites for hydroxylation is 2. The second-order valence-electron chi connectivity index (χ2n) is 9.35. The van der Waals surface area contributed by atoms with E-state index in [9.17, 15) is 9.18 Å². The Kier molecular flexibility index (Phi) is 6.66. The number of nitrogens with zero attached hydrogens (tertiary/aromatic N) is 7. The molecule has 1 saturated heterocycles. The number of carbonyl (C=O) groups is 1. The monoisotopic (exact) mass is 507 g/mol. The molecule has 4 aromatic rings. The quantitative estimate of drug-likeness (QED) is 0.385. The third-order valence-electron chi connectivity index (χ3n) is 6.67. The molecule has 1 saturated carbocycles. The molecular weight excluding hydrogens is 481 g/mol. The number of fused-ring (bicyclic) bond motifs is 1. The number of amides is 1. The maximum absolute atomic E-state index is 14.1. The highest BCUT2D eigenvalue weighted by molar-refractivity contribution is 6.30. The molecule has 2 aliphatic rings. The summed E-state index contributed by atoms with van der Waals surface area (Å²) in [7, 11) is 1.89. The summed E-state index contributed by atoms with van der Waals surface area (Å²) in [6.45, 7) is 4.59.